The van der Waals surface area contributed by atoms with Crippen LogP contribution in [0, 0.1) is 6.92 Å². The highest BCUT2D eigenvalue weighted by molar-refractivity contribution is 5.85. The van der Waals surface area contributed by atoms with Gasteiger partial charge >= 0.3 is 18.2 Å². The van der Waals surface area contributed by atoms with Gasteiger partial charge in [0.15, 0.2) is 0 Å². The van der Waals surface area contributed by atoms with E-state index < -0.39 is 35.1 Å². The van der Waals surface area contributed by atoms with Crippen LogP contribution >= 0.6 is 0 Å². The van der Waals surface area contributed by atoms with Crippen molar-refractivity contribution in [1.29, 1.82) is 0 Å². The Labute approximate surface area is 261 Å². The van der Waals surface area contributed by atoms with Crippen LogP contribution < -0.4 is 16.2 Å². The lowest BCUT2D eigenvalue weighted by Gasteiger charge is -2.37. The normalized spacial score (nSPS) is 17.9. The van der Waals surface area contributed by atoms with Crippen LogP contribution in [0.5, 0.6) is 0 Å². The summed E-state index contributed by atoms with van der Waals surface area (Å²) in [7, 11) is 0. The maximum atomic E-state index is 13.9. The van der Waals surface area contributed by atoms with Crippen molar-refractivity contribution >= 4 is 28.9 Å². The van der Waals surface area contributed by atoms with E-state index >= 15 is 0 Å². The third-order valence-electron chi connectivity index (χ3n) is 8.07. The summed E-state index contributed by atoms with van der Waals surface area (Å²) in [6.45, 7) is 8.76. The molecule has 0 aromatic carbocycles. The van der Waals surface area contributed by atoms with Crippen molar-refractivity contribution in [3.8, 4) is 11.4 Å². The maximum Gasteiger partial charge on any atom is 0.471 e. The fourth-order valence-electron chi connectivity index (χ4n) is 5.93. The number of ether oxygens (including phenoxy) is 1. The van der Waals surface area contributed by atoms with Crippen LogP contribution in [0.3, 0.4) is 0 Å². The van der Waals surface area contributed by atoms with Gasteiger partial charge in [-0.15, -0.1) is 0 Å². The van der Waals surface area contributed by atoms with E-state index in [4.69, 9.17) is 4.74 Å². The first-order chi connectivity index (χ1) is 21.8. The van der Waals surface area contributed by atoms with Gasteiger partial charge in [0, 0.05) is 43.5 Å². The number of rotatable bonds is 5. The number of carbonyl (C=O) groups is 1. The molecule has 16 heteroatoms. The summed E-state index contributed by atoms with van der Waals surface area (Å²) in [6.07, 6.45) is 1.17. The molecule has 244 valence electrons. The third kappa shape index (κ3) is 6.25. The molecule has 1 atom stereocenters. The van der Waals surface area contributed by atoms with E-state index in [0.717, 1.165) is 18.4 Å². The van der Waals surface area contributed by atoms with Crippen molar-refractivity contribution in [3.05, 3.63) is 51.9 Å². The fourth-order valence-corrected chi connectivity index (χ4v) is 5.93. The van der Waals surface area contributed by atoms with Crippen molar-refractivity contribution in [2.75, 3.05) is 25.0 Å². The SMILES string of the molecule is Cc1c(-c2noc(C(F)(F)F)n2)c(=O)n(C2CCCC2)c2nc(Nc3ccc(C4CNCCN4C(=O)OC(C)(C)C)cn3)ncc12. The number of aromatic nitrogens is 6. The average molecular weight is 642 g/mol. The first kappa shape index (κ1) is 31.4. The summed E-state index contributed by atoms with van der Waals surface area (Å²) in [5.74, 6) is -1.35. The fraction of sp³-hybridized carbons (Fsp3) is 0.500. The van der Waals surface area contributed by atoms with Gasteiger partial charge < -0.3 is 19.9 Å². The molecule has 0 radical (unpaired) electrons. The van der Waals surface area contributed by atoms with Crippen LogP contribution in [0.4, 0.5) is 29.7 Å². The molecule has 1 saturated carbocycles. The van der Waals surface area contributed by atoms with Crippen LogP contribution in [0.15, 0.2) is 33.8 Å². The summed E-state index contributed by atoms with van der Waals surface area (Å²) in [5, 5.41) is 10.3. The average Bonchev–Trinajstić information content (AvgIpc) is 3.70. The smallest absolute Gasteiger partial charge is 0.444 e. The highest BCUT2D eigenvalue weighted by Crippen LogP contribution is 2.35. The molecule has 4 aromatic heterocycles. The highest BCUT2D eigenvalue weighted by Gasteiger charge is 2.39. The largest absolute Gasteiger partial charge is 0.471 e. The number of halogens is 3. The highest BCUT2D eigenvalue weighted by atomic mass is 19.4. The van der Waals surface area contributed by atoms with E-state index in [1.54, 1.807) is 24.1 Å². The van der Waals surface area contributed by atoms with Gasteiger partial charge in [0.2, 0.25) is 11.8 Å². The molecule has 5 heterocycles. The molecule has 1 aliphatic carbocycles. The molecule has 0 spiro atoms. The summed E-state index contributed by atoms with van der Waals surface area (Å²) < 4.78 is 51.2. The summed E-state index contributed by atoms with van der Waals surface area (Å²) in [5.41, 5.74) is 0.246. The number of fused-ring (bicyclic) bond motifs is 1. The summed E-state index contributed by atoms with van der Waals surface area (Å²) in [4.78, 5) is 45.5. The summed E-state index contributed by atoms with van der Waals surface area (Å²) >= 11 is 0. The molecule has 13 nitrogen and oxygen atoms in total. The quantitative estimate of drug-likeness (QED) is 0.292. The van der Waals surface area contributed by atoms with Crippen LogP contribution in [0.25, 0.3) is 22.4 Å². The molecule has 2 aliphatic rings. The second-order valence-electron chi connectivity index (χ2n) is 12.5. The van der Waals surface area contributed by atoms with Crippen LogP contribution in [0.2, 0.25) is 0 Å². The first-order valence-corrected chi connectivity index (χ1v) is 15.1. The molecular formula is C30H34F3N9O4. The number of nitrogens with one attached hydrogen (secondary N) is 2. The lowest BCUT2D eigenvalue weighted by molar-refractivity contribution is -0.159. The second-order valence-corrected chi connectivity index (χ2v) is 12.5. The standard InChI is InChI=1S/C30H34F3N9O4/c1-16-19-14-36-27(37-21-10-9-17(13-35-21)20-15-34-11-12-41(20)28(44)45-29(2,3)4)39-24(19)42(18-7-5-6-8-18)25(43)22(16)23-38-26(46-40-23)30(31,32)33/h9-10,13-14,18,20,34H,5-8,11-12,15H2,1-4H3,(H,35,36,37,39). The number of pyridine rings is 2. The predicted molar refractivity (Wildman–Crippen MR) is 160 cm³/mol. The zero-order chi connectivity index (χ0) is 32.8. The van der Waals surface area contributed by atoms with E-state index in [9.17, 15) is 22.8 Å². The molecule has 6 rings (SSSR count). The topological polar surface area (TPSA) is 153 Å². The van der Waals surface area contributed by atoms with Gasteiger partial charge in [0.05, 0.1) is 11.6 Å². The minimum Gasteiger partial charge on any atom is -0.444 e. The number of hydrogen-bond acceptors (Lipinski definition) is 11. The van der Waals surface area contributed by atoms with Crippen molar-refractivity contribution in [2.24, 2.45) is 0 Å². The van der Waals surface area contributed by atoms with E-state index in [1.807, 2.05) is 26.8 Å². The Bertz CT molecular complexity index is 1810. The molecule has 0 bridgehead atoms. The minimum absolute atomic E-state index is 0.0853. The Morgan fingerprint density at radius 1 is 1.11 bits per heavy atom. The Kier molecular flexibility index (Phi) is 8.16. The Hall–Kier alpha value is -4.60. The van der Waals surface area contributed by atoms with E-state index in [1.165, 1.54) is 10.8 Å². The van der Waals surface area contributed by atoms with Crippen molar-refractivity contribution in [3.63, 3.8) is 0 Å². The zero-order valence-electron chi connectivity index (χ0n) is 25.8. The van der Waals surface area contributed by atoms with Gasteiger partial charge in [-0.25, -0.2) is 14.8 Å². The number of aryl methyl sites for hydroxylation is 1. The molecule has 1 aliphatic heterocycles. The van der Waals surface area contributed by atoms with Gasteiger partial charge in [-0.3, -0.25) is 14.3 Å². The molecule has 1 amide bonds. The van der Waals surface area contributed by atoms with Gasteiger partial charge in [-0.1, -0.05) is 24.1 Å². The molecule has 2 fully saturated rings. The summed E-state index contributed by atoms with van der Waals surface area (Å²) in [6, 6.07) is 3.13. The second kappa shape index (κ2) is 12.0. The van der Waals surface area contributed by atoms with E-state index in [2.05, 4.69) is 40.2 Å². The van der Waals surface area contributed by atoms with Crippen molar-refractivity contribution < 1.29 is 27.2 Å². The van der Waals surface area contributed by atoms with Crippen LogP contribution in [0.1, 0.15) is 75.6 Å². The lowest BCUT2D eigenvalue weighted by atomic mass is 10.1. The number of hydrogen-bond donors (Lipinski definition) is 2. The molecular weight excluding hydrogens is 607 g/mol. The number of piperazine rings is 1. The maximum absolute atomic E-state index is 13.9. The molecule has 4 aromatic rings. The van der Waals surface area contributed by atoms with E-state index in [-0.39, 0.29) is 23.6 Å². The van der Waals surface area contributed by atoms with Crippen LogP contribution in [-0.4, -0.2) is 65.9 Å². The Balaban J connectivity index is 1.31. The van der Waals surface area contributed by atoms with E-state index in [0.29, 0.717) is 54.9 Å². The lowest BCUT2D eigenvalue weighted by Crippen LogP contribution is -2.50. The van der Waals surface area contributed by atoms with Crippen molar-refractivity contribution in [2.45, 2.75) is 77.2 Å². The predicted octanol–water partition coefficient (Wildman–Crippen LogP) is 5.30. The van der Waals surface area contributed by atoms with Crippen molar-refractivity contribution in [1.82, 2.24) is 39.9 Å². The molecule has 1 unspecified atom stereocenters. The number of alkyl halides is 3. The monoisotopic (exact) mass is 641 g/mol. The number of nitrogens with zero attached hydrogens (tertiary/aromatic N) is 7. The third-order valence-corrected chi connectivity index (χ3v) is 8.07. The molecule has 46 heavy (non-hydrogen) atoms. The van der Waals surface area contributed by atoms with Gasteiger partial charge in [-0.2, -0.15) is 23.1 Å². The number of carbonyl (C=O) groups excluding carboxylic acids is 1. The number of amides is 1. The Morgan fingerprint density at radius 2 is 1.87 bits per heavy atom. The van der Waals surface area contributed by atoms with Gasteiger partial charge in [0.25, 0.3) is 5.56 Å². The number of anilines is 2. The first-order valence-electron chi connectivity index (χ1n) is 15.1. The minimum atomic E-state index is -4.85. The molecule has 2 N–H and O–H groups in total. The zero-order valence-corrected chi connectivity index (χ0v) is 25.8. The van der Waals surface area contributed by atoms with Gasteiger partial charge in [0.1, 0.15) is 17.1 Å². The Morgan fingerprint density at radius 3 is 2.52 bits per heavy atom. The van der Waals surface area contributed by atoms with Gasteiger partial charge in [-0.05, 0) is 57.7 Å². The molecule has 1 saturated heterocycles. The van der Waals surface area contributed by atoms with Crippen LogP contribution in [-0.2, 0) is 10.9 Å².